The van der Waals surface area contributed by atoms with Crippen molar-refractivity contribution in [3.63, 3.8) is 0 Å². The summed E-state index contributed by atoms with van der Waals surface area (Å²) in [5, 5.41) is 3.71. The van der Waals surface area contributed by atoms with Crippen LogP contribution in [0.15, 0.2) is 47.6 Å². The molecule has 2 rings (SSSR count). The lowest BCUT2D eigenvalue weighted by Crippen LogP contribution is -2.04. The number of anilines is 1. The molecule has 2 aromatic rings. The molecule has 0 aliphatic carbocycles. The zero-order valence-corrected chi connectivity index (χ0v) is 10.6. The Kier molecular flexibility index (Phi) is 4.76. The maximum absolute atomic E-state index is 13.3. The largest absolute Gasteiger partial charge is 0.434 e. The van der Waals surface area contributed by atoms with E-state index in [4.69, 9.17) is 0 Å². The van der Waals surface area contributed by atoms with Crippen LogP contribution in [0, 0.1) is 11.6 Å². The topological polar surface area (TPSA) is 33.6 Å². The normalized spacial score (nSPS) is 11.1. The molecule has 0 aliphatic rings. The van der Waals surface area contributed by atoms with Crippen LogP contribution in [0.25, 0.3) is 0 Å². The quantitative estimate of drug-likeness (QED) is 0.514. The zero-order valence-electron chi connectivity index (χ0n) is 10.6. The number of hydrogen-bond acceptors (Lipinski definition) is 3. The molecule has 0 atom stereocenters. The summed E-state index contributed by atoms with van der Waals surface area (Å²) in [7, 11) is 0. The fourth-order valence-electron chi connectivity index (χ4n) is 1.54. The molecular formula is C14H10F4N2O. The number of ether oxygens (including phenoxy) is 1. The van der Waals surface area contributed by atoms with E-state index in [-0.39, 0.29) is 17.0 Å². The summed E-state index contributed by atoms with van der Waals surface area (Å²) in [6, 6.07) is 8.93. The van der Waals surface area contributed by atoms with E-state index in [1.54, 1.807) is 6.07 Å². The van der Waals surface area contributed by atoms with Crippen molar-refractivity contribution in [3.05, 3.63) is 59.7 Å². The van der Waals surface area contributed by atoms with Crippen molar-refractivity contribution in [1.82, 2.24) is 0 Å². The van der Waals surface area contributed by atoms with Gasteiger partial charge in [-0.2, -0.15) is 13.9 Å². The first kappa shape index (κ1) is 14.8. The van der Waals surface area contributed by atoms with E-state index < -0.39 is 18.2 Å². The lowest BCUT2D eigenvalue weighted by Gasteiger charge is -2.07. The van der Waals surface area contributed by atoms with E-state index in [0.717, 1.165) is 6.07 Å². The van der Waals surface area contributed by atoms with Gasteiger partial charge in [-0.1, -0.05) is 12.1 Å². The van der Waals surface area contributed by atoms with Gasteiger partial charge in [0.25, 0.3) is 0 Å². The smallest absolute Gasteiger partial charge is 0.387 e. The van der Waals surface area contributed by atoms with Gasteiger partial charge >= 0.3 is 6.61 Å². The molecule has 0 bridgehead atoms. The number of alkyl halides is 2. The van der Waals surface area contributed by atoms with Crippen molar-refractivity contribution in [3.8, 4) is 5.75 Å². The Bertz CT molecular complexity index is 647. The summed E-state index contributed by atoms with van der Waals surface area (Å²) >= 11 is 0. The van der Waals surface area contributed by atoms with Crippen LogP contribution in [0.2, 0.25) is 0 Å². The monoisotopic (exact) mass is 298 g/mol. The molecule has 0 heterocycles. The SMILES string of the molecule is Fc1ccc(N/N=C\c2ccccc2OC(F)F)c(F)c1. The molecule has 0 aromatic heterocycles. The van der Waals surface area contributed by atoms with Crippen LogP contribution in [0.5, 0.6) is 5.75 Å². The van der Waals surface area contributed by atoms with Gasteiger partial charge in [0.05, 0.1) is 11.9 Å². The van der Waals surface area contributed by atoms with Gasteiger partial charge in [-0.3, -0.25) is 5.43 Å². The second-order valence-electron chi connectivity index (χ2n) is 3.91. The summed E-state index contributed by atoms with van der Waals surface area (Å²) in [5.74, 6) is -1.58. The Morgan fingerprint density at radius 2 is 1.86 bits per heavy atom. The number of rotatable bonds is 5. The lowest BCUT2D eigenvalue weighted by molar-refractivity contribution is -0.0499. The first-order valence-electron chi connectivity index (χ1n) is 5.84. The van der Waals surface area contributed by atoms with Gasteiger partial charge in [0.1, 0.15) is 11.6 Å². The van der Waals surface area contributed by atoms with Crippen LogP contribution >= 0.6 is 0 Å². The van der Waals surface area contributed by atoms with Gasteiger partial charge < -0.3 is 4.74 Å². The van der Waals surface area contributed by atoms with E-state index in [9.17, 15) is 17.6 Å². The summed E-state index contributed by atoms with van der Waals surface area (Å²) in [5.41, 5.74) is 2.60. The Balaban J connectivity index is 2.11. The summed E-state index contributed by atoms with van der Waals surface area (Å²) < 4.78 is 54.8. The minimum atomic E-state index is -2.96. The Morgan fingerprint density at radius 3 is 2.57 bits per heavy atom. The molecule has 0 aliphatic heterocycles. The Morgan fingerprint density at radius 1 is 1.10 bits per heavy atom. The number of halogens is 4. The third kappa shape index (κ3) is 4.20. The Hall–Kier alpha value is -2.57. The van der Waals surface area contributed by atoms with Crippen LogP contribution in [-0.2, 0) is 0 Å². The second-order valence-corrected chi connectivity index (χ2v) is 3.91. The first-order chi connectivity index (χ1) is 10.1. The van der Waals surface area contributed by atoms with E-state index >= 15 is 0 Å². The highest BCUT2D eigenvalue weighted by Crippen LogP contribution is 2.19. The maximum atomic E-state index is 13.3. The maximum Gasteiger partial charge on any atom is 0.387 e. The molecule has 2 aromatic carbocycles. The number of para-hydroxylation sites is 1. The second kappa shape index (κ2) is 6.74. The average Bonchev–Trinajstić information content (AvgIpc) is 2.42. The van der Waals surface area contributed by atoms with E-state index in [2.05, 4.69) is 15.3 Å². The van der Waals surface area contributed by atoms with Crippen molar-refractivity contribution in [2.45, 2.75) is 6.61 Å². The average molecular weight is 298 g/mol. The number of nitrogens with one attached hydrogen (secondary N) is 1. The molecule has 0 spiro atoms. The van der Waals surface area contributed by atoms with Gasteiger partial charge in [-0.05, 0) is 24.3 Å². The predicted molar refractivity (Wildman–Crippen MR) is 70.6 cm³/mol. The van der Waals surface area contributed by atoms with Crippen LogP contribution in [0.3, 0.4) is 0 Å². The molecule has 0 unspecified atom stereocenters. The minimum absolute atomic E-state index is 0.0418. The molecular weight excluding hydrogens is 288 g/mol. The Labute approximate surface area is 117 Å². The van der Waals surface area contributed by atoms with Crippen molar-refractivity contribution in [2.75, 3.05) is 5.43 Å². The number of benzene rings is 2. The van der Waals surface area contributed by atoms with Crippen LogP contribution < -0.4 is 10.2 Å². The predicted octanol–water partition coefficient (Wildman–Crippen LogP) is 4.01. The van der Waals surface area contributed by atoms with E-state index in [1.807, 2.05) is 0 Å². The summed E-state index contributed by atoms with van der Waals surface area (Å²) in [4.78, 5) is 0. The van der Waals surface area contributed by atoms with Crippen LogP contribution in [0.1, 0.15) is 5.56 Å². The van der Waals surface area contributed by atoms with Gasteiger partial charge in [-0.15, -0.1) is 0 Å². The molecule has 0 saturated heterocycles. The lowest BCUT2D eigenvalue weighted by atomic mass is 10.2. The molecule has 0 saturated carbocycles. The van der Waals surface area contributed by atoms with Crippen molar-refractivity contribution in [2.24, 2.45) is 5.10 Å². The highest BCUT2D eigenvalue weighted by molar-refractivity contribution is 5.84. The first-order valence-corrected chi connectivity index (χ1v) is 5.84. The number of hydrogen-bond donors (Lipinski definition) is 1. The molecule has 3 nitrogen and oxygen atoms in total. The van der Waals surface area contributed by atoms with Crippen LogP contribution in [-0.4, -0.2) is 12.8 Å². The van der Waals surface area contributed by atoms with Gasteiger partial charge in [0.2, 0.25) is 0 Å². The third-order valence-corrected chi connectivity index (χ3v) is 2.45. The van der Waals surface area contributed by atoms with Gasteiger partial charge in [-0.25, -0.2) is 8.78 Å². The van der Waals surface area contributed by atoms with E-state index in [1.165, 1.54) is 30.5 Å². The van der Waals surface area contributed by atoms with Crippen molar-refractivity contribution < 1.29 is 22.3 Å². The molecule has 110 valence electrons. The highest BCUT2D eigenvalue weighted by Gasteiger charge is 2.07. The highest BCUT2D eigenvalue weighted by atomic mass is 19.3. The number of hydrazone groups is 1. The molecule has 7 heteroatoms. The summed E-state index contributed by atoms with van der Waals surface area (Å²) in [6.07, 6.45) is 1.19. The summed E-state index contributed by atoms with van der Waals surface area (Å²) in [6.45, 7) is -2.96. The molecule has 21 heavy (non-hydrogen) atoms. The number of nitrogens with zero attached hydrogens (tertiary/aromatic N) is 1. The van der Waals surface area contributed by atoms with Gasteiger partial charge in [0.15, 0.2) is 5.82 Å². The third-order valence-electron chi connectivity index (χ3n) is 2.45. The van der Waals surface area contributed by atoms with Crippen LogP contribution in [0.4, 0.5) is 23.2 Å². The molecule has 1 N–H and O–H groups in total. The fraction of sp³-hybridized carbons (Fsp3) is 0.0714. The van der Waals surface area contributed by atoms with Crippen molar-refractivity contribution >= 4 is 11.9 Å². The minimum Gasteiger partial charge on any atom is -0.434 e. The standard InChI is InChI=1S/C14H10F4N2O/c15-10-5-6-12(11(16)7-10)20-19-8-9-3-1-2-4-13(9)21-14(17)18/h1-8,14,20H/b19-8-. The van der Waals surface area contributed by atoms with E-state index in [0.29, 0.717) is 6.07 Å². The fourth-order valence-corrected chi connectivity index (χ4v) is 1.54. The van der Waals surface area contributed by atoms with Gasteiger partial charge in [0, 0.05) is 11.6 Å². The molecule has 0 radical (unpaired) electrons. The van der Waals surface area contributed by atoms with Crippen molar-refractivity contribution in [1.29, 1.82) is 0 Å². The molecule has 0 fully saturated rings. The zero-order chi connectivity index (χ0) is 15.2. The molecule has 0 amide bonds.